The number of benzene rings is 1. The summed E-state index contributed by atoms with van der Waals surface area (Å²) in [5.41, 5.74) is 2.24. The molecular formula is C18H19F3N2O2S. The molecule has 8 heteroatoms. The lowest BCUT2D eigenvalue weighted by molar-refractivity contribution is -0.137. The Morgan fingerprint density at radius 1 is 1.04 bits per heavy atom. The van der Waals surface area contributed by atoms with E-state index in [4.69, 9.17) is 0 Å². The molecule has 0 spiro atoms. The molecule has 0 atom stereocenters. The first kappa shape index (κ1) is 18.8. The number of hydrogen-bond donors (Lipinski definition) is 0. The molecular weight excluding hydrogens is 365 g/mol. The number of sulfonamides is 1. The zero-order valence-corrected chi connectivity index (χ0v) is 14.9. The van der Waals surface area contributed by atoms with Gasteiger partial charge < -0.3 is 0 Å². The number of aromatic nitrogens is 1. The van der Waals surface area contributed by atoms with Crippen LogP contribution in [0.1, 0.15) is 29.7 Å². The van der Waals surface area contributed by atoms with E-state index in [0.717, 1.165) is 36.8 Å². The van der Waals surface area contributed by atoms with Crippen LogP contribution in [-0.4, -0.2) is 30.4 Å². The number of pyridine rings is 1. The van der Waals surface area contributed by atoms with E-state index < -0.39 is 29.3 Å². The molecule has 0 saturated heterocycles. The molecule has 1 aromatic heterocycles. The molecule has 0 N–H and O–H groups in total. The van der Waals surface area contributed by atoms with Crippen LogP contribution in [0.25, 0.3) is 0 Å². The van der Waals surface area contributed by atoms with Crippen LogP contribution in [0.3, 0.4) is 0 Å². The van der Waals surface area contributed by atoms with Crippen LogP contribution in [-0.2, 0) is 29.4 Å². The second-order valence-corrected chi connectivity index (χ2v) is 8.28. The lowest BCUT2D eigenvalue weighted by atomic mass is 9.92. The van der Waals surface area contributed by atoms with Crippen molar-refractivity contribution in [1.29, 1.82) is 0 Å². The van der Waals surface area contributed by atoms with Gasteiger partial charge in [-0.15, -0.1) is 0 Å². The number of aryl methyl sites for hydroxylation is 2. The molecule has 1 aromatic carbocycles. The van der Waals surface area contributed by atoms with Crippen molar-refractivity contribution in [3.05, 3.63) is 59.4 Å². The van der Waals surface area contributed by atoms with Gasteiger partial charge in [-0.3, -0.25) is 4.98 Å². The Kier molecular flexibility index (Phi) is 5.34. The van der Waals surface area contributed by atoms with Gasteiger partial charge in [0.25, 0.3) is 0 Å². The van der Waals surface area contributed by atoms with Crippen LogP contribution in [0.2, 0.25) is 0 Å². The Bertz CT molecular complexity index is 868. The van der Waals surface area contributed by atoms with Gasteiger partial charge in [0.1, 0.15) is 6.54 Å². The first-order valence-corrected chi connectivity index (χ1v) is 9.78. The highest BCUT2D eigenvalue weighted by molar-refractivity contribution is 7.89. The van der Waals surface area contributed by atoms with Crippen molar-refractivity contribution in [2.45, 2.75) is 43.3 Å². The molecule has 4 nitrogen and oxygen atoms in total. The summed E-state index contributed by atoms with van der Waals surface area (Å²) in [5.74, 6) is 0. The van der Waals surface area contributed by atoms with E-state index in [1.54, 1.807) is 18.2 Å². The van der Waals surface area contributed by atoms with Crippen molar-refractivity contribution in [3.63, 3.8) is 0 Å². The lowest BCUT2D eigenvalue weighted by Crippen LogP contribution is -2.38. The monoisotopic (exact) mass is 384 g/mol. The first-order valence-electron chi connectivity index (χ1n) is 8.34. The smallest absolute Gasteiger partial charge is 0.260 e. The summed E-state index contributed by atoms with van der Waals surface area (Å²) in [7, 11) is -4.29. The number of nitrogens with zero attached hydrogens (tertiary/aromatic N) is 2. The Hall–Kier alpha value is -1.93. The van der Waals surface area contributed by atoms with Crippen molar-refractivity contribution in [2.75, 3.05) is 6.54 Å². The predicted octanol–water partition coefficient (Wildman–Crippen LogP) is 3.71. The molecule has 2 aromatic rings. The van der Waals surface area contributed by atoms with E-state index in [0.29, 0.717) is 4.31 Å². The first-order chi connectivity index (χ1) is 12.3. The summed E-state index contributed by atoms with van der Waals surface area (Å²) < 4.78 is 65.2. The van der Waals surface area contributed by atoms with Crippen molar-refractivity contribution in [3.8, 4) is 0 Å². The van der Waals surface area contributed by atoms with Gasteiger partial charge in [-0.2, -0.15) is 17.5 Å². The summed E-state index contributed by atoms with van der Waals surface area (Å²) in [4.78, 5) is 3.85. The van der Waals surface area contributed by atoms with Crippen LogP contribution in [0.5, 0.6) is 0 Å². The SMILES string of the molecule is O=S(=O)(c1ccc2c(c1)CCCC2)N(Cc1ccccn1)CC(F)(F)F. The Morgan fingerprint density at radius 3 is 2.42 bits per heavy atom. The van der Waals surface area contributed by atoms with Gasteiger partial charge >= 0.3 is 6.18 Å². The average Bonchev–Trinajstić information content (AvgIpc) is 2.60. The molecule has 0 aliphatic heterocycles. The molecule has 1 heterocycles. The van der Waals surface area contributed by atoms with Crippen LogP contribution in [0, 0.1) is 0 Å². The second-order valence-electron chi connectivity index (χ2n) is 6.35. The van der Waals surface area contributed by atoms with E-state index in [1.807, 2.05) is 0 Å². The standard InChI is InChI=1S/C18H19F3N2O2S/c19-18(20,21)13-23(12-16-7-3-4-10-22-16)26(24,25)17-9-8-14-5-1-2-6-15(14)11-17/h3-4,7-11H,1-2,5-6,12-13H2. The third-order valence-electron chi connectivity index (χ3n) is 4.38. The molecule has 0 saturated carbocycles. The fourth-order valence-corrected chi connectivity index (χ4v) is 4.57. The molecule has 0 radical (unpaired) electrons. The molecule has 26 heavy (non-hydrogen) atoms. The van der Waals surface area contributed by atoms with Crippen molar-refractivity contribution in [1.82, 2.24) is 9.29 Å². The maximum Gasteiger partial charge on any atom is 0.402 e. The van der Waals surface area contributed by atoms with Gasteiger partial charge in [0.05, 0.1) is 17.1 Å². The van der Waals surface area contributed by atoms with Crippen LogP contribution in [0.4, 0.5) is 13.2 Å². The zero-order chi connectivity index (χ0) is 18.8. The van der Waals surface area contributed by atoms with E-state index in [2.05, 4.69) is 4.98 Å². The highest BCUT2D eigenvalue weighted by Crippen LogP contribution is 2.28. The third kappa shape index (κ3) is 4.42. The Labute approximate surface area is 150 Å². The maximum atomic E-state index is 13.0. The van der Waals surface area contributed by atoms with Gasteiger partial charge in [0.15, 0.2) is 0 Å². The summed E-state index contributed by atoms with van der Waals surface area (Å²) in [6.45, 7) is -1.98. The molecule has 0 bridgehead atoms. The predicted molar refractivity (Wildman–Crippen MR) is 91.0 cm³/mol. The van der Waals surface area contributed by atoms with Gasteiger partial charge in [0.2, 0.25) is 10.0 Å². The molecule has 0 unspecified atom stereocenters. The Morgan fingerprint density at radius 2 is 1.77 bits per heavy atom. The minimum absolute atomic E-state index is 0.0988. The summed E-state index contributed by atoms with van der Waals surface area (Å²) in [5, 5.41) is 0. The largest absolute Gasteiger partial charge is 0.402 e. The van der Waals surface area contributed by atoms with Gasteiger partial charge in [-0.25, -0.2) is 8.42 Å². The fraction of sp³-hybridized carbons (Fsp3) is 0.389. The van der Waals surface area contributed by atoms with Crippen LogP contribution in [0.15, 0.2) is 47.5 Å². The molecule has 3 rings (SSSR count). The van der Waals surface area contributed by atoms with E-state index >= 15 is 0 Å². The number of hydrogen-bond acceptors (Lipinski definition) is 3. The van der Waals surface area contributed by atoms with E-state index in [1.165, 1.54) is 24.4 Å². The summed E-state index contributed by atoms with van der Waals surface area (Å²) in [6, 6.07) is 9.38. The fourth-order valence-electron chi connectivity index (χ4n) is 3.12. The number of alkyl halides is 3. The minimum Gasteiger partial charge on any atom is -0.260 e. The molecule has 1 aliphatic carbocycles. The van der Waals surface area contributed by atoms with Gasteiger partial charge in [-0.05, 0) is 61.1 Å². The molecule has 1 aliphatic rings. The number of fused-ring (bicyclic) bond motifs is 1. The van der Waals surface area contributed by atoms with Crippen molar-refractivity contribution in [2.24, 2.45) is 0 Å². The van der Waals surface area contributed by atoms with E-state index in [9.17, 15) is 21.6 Å². The van der Waals surface area contributed by atoms with Gasteiger partial charge in [-0.1, -0.05) is 12.1 Å². The molecule has 0 amide bonds. The Balaban J connectivity index is 1.95. The summed E-state index contributed by atoms with van der Waals surface area (Å²) in [6.07, 6.45) is 0.395. The normalized spacial score (nSPS) is 15.1. The minimum atomic E-state index is -4.64. The quantitative estimate of drug-likeness (QED) is 0.790. The zero-order valence-electron chi connectivity index (χ0n) is 14.0. The highest BCUT2D eigenvalue weighted by Gasteiger charge is 2.37. The van der Waals surface area contributed by atoms with Gasteiger partial charge in [0, 0.05) is 6.20 Å². The van der Waals surface area contributed by atoms with Crippen molar-refractivity contribution >= 4 is 10.0 Å². The average molecular weight is 384 g/mol. The number of halogens is 3. The number of rotatable bonds is 5. The third-order valence-corrected chi connectivity index (χ3v) is 6.17. The second kappa shape index (κ2) is 7.36. The molecule has 140 valence electrons. The van der Waals surface area contributed by atoms with Crippen LogP contribution >= 0.6 is 0 Å². The van der Waals surface area contributed by atoms with Crippen LogP contribution < -0.4 is 0 Å². The van der Waals surface area contributed by atoms with Crippen molar-refractivity contribution < 1.29 is 21.6 Å². The van der Waals surface area contributed by atoms with E-state index in [-0.39, 0.29) is 10.6 Å². The summed E-state index contributed by atoms with van der Waals surface area (Å²) >= 11 is 0. The highest BCUT2D eigenvalue weighted by atomic mass is 32.2. The lowest BCUT2D eigenvalue weighted by Gasteiger charge is -2.24. The molecule has 0 fully saturated rings. The maximum absolute atomic E-state index is 13.0. The topological polar surface area (TPSA) is 50.3 Å².